The van der Waals surface area contributed by atoms with Gasteiger partial charge in [0.15, 0.2) is 0 Å². The Balaban J connectivity index is 2.00. The predicted octanol–water partition coefficient (Wildman–Crippen LogP) is 2.85. The molecule has 1 aromatic rings. The van der Waals surface area contributed by atoms with E-state index in [1.165, 1.54) is 12.8 Å². The summed E-state index contributed by atoms with van der Waals surface area (Å²) in [6, 6.07) is 0.996. The molecular weight excluding hydrogens is 264 g/mol. The summed E-state index contributed by atoms with van der Waals surface area (Å²) in [5, 5.41) is 8.43. The Morgan fingerprint density at radius 2 is 1.86 bits per heavy atom. The Hall–Kier alpha value is -0.940. The standard InChI is InChI=1S/C16H30N4O/c1-5-10-20(13-8-6-12(17)7-9-13)11-14-18-19-15(21-14)16(2,3)4/h12-13H,5-11,17H2,1-4H3. The van der Waals surface area contributed by atoms with Crippen molar-refractivity contribution in [2.45, 2.75) is 83.8 Å². The quantitative estimate of drug-likeness (QED) is 0.904. The lowest BCUT2D eigenvalue weighted by Gasteiger charge is -2.35. The molecule has 0 spiro atoms. The average Bonchev–Trinajstić information content (AvgIpc) is 2.88. The largest absolute Gasteiger partial charge is 0.423 e. The van der Waals surface area contributed by atoms with E-state index in [2.05, 4.69) is 42.8 Å². The first kappa shape index (κ1) is 16.4. The molecule has 0 amide bonds. The number of aromatic nitrogens is 2. The molecule has 5 heteroatoms. The molecule has 2 N–H and O–H groups in total. The van der Waals surface area contributed by atoms with Crippen molar-refractivity contribution in [3.05, 3.63) is 11.8 Å². The molecule has 21 heavy (non-hydrogen) atoms. The van der Waals surface area contributed by atoms with Crippen molar-refractivity contribution >= 4 is 0 Å². The van der Waals surface area contributed by atoms with Gasteiger partial charge in [-0.2, -0.15) is 0 Å². The third-order valence-electron chi connectivity index (χ3n) is 4.22. The number of rotatable bonds is 5. The molecule has 1 saturated carbocycles. The van der Waals surface area contributed by atoms with Gasteiger partial charge in [-0.1, -0.05) is 27.7 Å². The Morgan fingerprint density at radius 1 is 1.19 bits per heavy atom. The van der Waals surface area contributed by atoms with Crippen LogP contribution in [-0.4, -0.2) is 33.7 Å². The van der Waals surface area contributed by atoms with Crippen molar-refractivity contribution in [3.63, 3.8) is 0 Å². The van der Waals surface area contributed by atoms with Gasteiger partial charge in [0, 0.05) is 17.5 Å². The summed E-state index contributed by atoms with van der Waals surface area (Å²) in [7, 11) is 0. The van der Waals surface area contributed by atoms with Crippen molar-refractivity contribution in [3.8, 4) is 0 Å². The van der Waals surface area contributed by atoms with E-state index in [0.717, 1.165) is 44.1 Å². The molecule has 1 heterocycles. The van der Waals surface area contributed by atoms with E-state index in [4.69, 9.17) is 10.2 Å². The zero-order chi connectivity index (χ0) is 15.5. The maximum atomic E-state index is 6.02. The highest BCUT2D eigenvalue weighted by Gasteiger charge is 2.26. The van der Waals surface area contributed by atoms with Crippen molar-refractivity contribution in [1.82, 2.24) is 15.1 Å². The van der Waals surface area contributed by atoms with E-state index in [1.807, 2.05) is 0 Å². The van der Waals surface area contributed by atoms with Crippen molar-refractivity contribution in [1.29, 1.82) is 0 Å². The molecule has 0 aliphatic heterocycles. The van der Waals surface area contributed by atoms with Gasteiger partial charge in [0.25, 0.3) is 0 Å². The van der Waals surface area contributed by atoms with E-state index in [9.17, 15) is 0 Å². The van der Waals surface area contributed by atoms with Gasteiger partial charge in [0.2, 0.25) is 11.8 Å². The minimum atomic E-state index is -0.0849. The van der Waals surface area contributed by atoms with Crippen LogP contribution in [0.3, 0.4) is 0 Å². The summed E-state index contributed by atoms with van der Waals surface area (Å²) in [5.74, 6) is 1.46. The Bertz CT molecular complexity index is 430. The highest BCUT2D eigenvalue weighted by Crippen LogP contribution is 2.25. The number of hydrogen-bond donors (Lipinski definition) is 1. The molecule has 1 aliphatic carbocycles. The van der Waals surface area contributed by atoms with E-state index in [-0.39, 0.29) is 5.41 Å². The fraction of sp³-hybridized carbons (Fsp3) is 0.875. The van der Waals surface area contributed by atoms with Crippen LogP contribution >= 0.6 is 0 Å². The molecule has 1 aliphatic rings. The van der Waals surface area contributed by atoms with E-state index >= 15 is 0 Å². The zero-order valence-corrected chi connectivity index (χ0v) is 13.9. The second kappa shape index (κ2) is 6.88. The molecule has 2 rings (SSSR count). The van der Waals surface area contributed by atoms with Crippen LogP contribution in [0.2, 0.25) is 0 Å². The van der Waals surface area contributed by atoms with Crippen molar-refractivity contribution in [2.75, 3.05) is 6.54 Å². The van der Waals surface area contributed by atoms with Crippen LogP contribution < -0.4 is 5.73 Å². The van der Waals surface area contributed by atoms with Crippen LogP contribution in [0.25, 0.3) is 0 Å². The fourth-order valence-electron chi connectivity index (χ4n) is 2.94. The van der Waals surface area contributed by atoms with Gasteiger partial charge in [-0.15, -0.1) is 10.2 Å². The minimum absolute atomic E-state index is 0.0849. The lowest BCUT2D eigenvalue weighted by Crippen LogP contribution is -2.41. The van der Waals surface area contributed by atoms with Crippen LogP contribution in [0.1, 0.15) is 71.6 Å². The first-order chi connectivity index (χ1) is 9.90. The van der Waals surface area contributed by atoms with E-state index in [0.29, 0.717) is 12.1 Å². The molecule has 120 valence electrons. The molecule has 0 radical (unpaired) electrons. The Labute approximate surface area is 128 Å². The SMILES string of the molecule is CCCN(Cc1nnc(C(C)(C)C)o1)C1CCC(N)CC1. The summed E-state index contributed by atoms with van der Waals surface area (Å²) in [6.07, 6.45) is 5.76. The predicted molar refractivity (Wildman–Crippen MR) is 83.9 cm³/mol. The third kappa shape index (κ3) is 4.51. The first-order valence-corrected chi connectivity index (χ1v) is 8.22. The van der Waals surface area contributed by atoms with Gasteiger partial charge in [-0.05, 0) is 38.6 Å². The Kier molecular flexibility index (Phi) is 5.38. The molecule has 1 aromatic heterocycles. The molecule has 0 atom stereocenters. The average molecular weight is 294 g/mol. The smallest absolute Gasteiger partial charge is 0.230 e. The monoisotopic (exact) mass is 294 g/mol. The summed E-state index contributed by atoms with van der Waals surface area (Å²) >= 11 is 0. The van der Waals surface area contributed by atoms with Crippen LogP contribution in [-0.2, 0) is 12.0 Å². The minimum Gasteiger partial charge on any atom is -0.423 e. The third-order valence-corrected chi connectivity index (χ3v) is 4.22. The van der Waals surface area contributed by atoms with Gasteiger partial charge in [-0.3, -0.25) is 4.90 Å². The summed E-state index contributed by atoms with van der Waals surface area (Å²) in [5.41, 5.74) is 5.93. The molecule has 1 fully saturated rings. The van der Waals surface area contributed by atoms with E-state index < -0.39 is 0 Å². The fourth-order valence-corrected chi connectivity index (χ4v) is 2.94. The second-order valence-corrected chi connectivity index (χ2v) is 7.29. The van der Waals surface area contributed by atoms with Gasteiger partial charge in [0.1, 0.15) is 0 Å². The summed E-state index contributed by atoms with van der Waals surface area (Å²) in [6.45, 7) is 10.3. The molecule has 0 bridgehead atoms. The van der Waals surface area contributed by atoms with Crippen molar-refractivity contribution < 1.29 is 4.42 Å². The highest BCUT2D eigenvalue weighted by molar-refractivity contribution is 4.96. The maximum Gasteiger partial charge on any atom is 0.230 e. The lowest BCUT2D eigenvalue weighted by molar-refractivity contribution is 0.129. The van der Waals surface area contributed by atoms with Gasteiger partial charge >= 0.3 is 0 Å². The molecular formula is C16H30N4O. The number of nitrogens with zero attached hydrogens (tertiary/aromatic N) is 3. The van der Waals surface area contributed by atoms with Gasteiger partial charge in [0.05, 0.1) is 6.54 Å². The topological polar surface area (TPSA) is 68.2 Å². The van der Waals surface area contributed by atoms with Crippen LogP contribution in [0, 0.1) is 0 Å². The number of nitrogens with two attached hydrogens (primary N) is 1. The zero-order valence-electron chi connectivity index (χ0n) is 13.9. The Morgan fingerprint density at radius 3 is 2.38 bits per heavy atom. The van der Waals surface area contributed by atoms with Crippen LogP contribution in [0.4, 0.5) is 0 Å². The first-order valence-electron chi connectivity index (χ1n) is 8.22. The molecule has 5 nitrogen and oxygen atoms in total. The van der Waals surface area contributed by atoms with Crippen LogP contribution in [0.15, 0.2) is 4.42 Å². The molecule has 0 unspecified atom stereocenters. The second-order valence-electron chi connectivity index (χ2n) is 7.29. The van der Waals surface area contributed by atoms with Crippen LogP contribution in [0.5, 0.6) is 0 Å². The maximum absolute atomic E-state index is 6.02. The summed E-state index contributed by atoms with van der Waals surface area (Å²) in [4.78, 5) is 2.49. The normalized spacial score (nSPS) is 23.7. The van der Waals surface area contributed by atoms with Gasteiger partial charge in [-0.25, -0.2) is 0 Å². The molecule has 0 saturated heterocycles. The van der Waals surface area contributed by atoms with E-state index in [1.54, 1.807) is 0 Å². The summed E-state index contributed by atoms with van der Waals surface area (Å²) < 4.78 is 5.85. The molecule has 0 aromatic carbocycles. The lowest BCUT2D eigenvalue weighted by atomic mass is 9.90. The number of hydrogen-bond acceptors (Lipinski definition) is 5. The van der Waals surface area contributed by atoms with Gasteiger partial charge < -0.3 is 10.2 Å². The highest BCUT2D eigenvalue weighted by atomic mass is 16.4. The van der Waals surface area contributed by atoms with Crippen molar-refractivity contribution in [2.24, 2.45) is 5.73 Å².